The van der Waals surface area contributed by atoms with Crippen molar-refractivity contribution in [3.05, 3.63) is 35.9 Å². The second-order valence-corrected chi connectivity index (χ2v) is 6.93. The number of para-hydroxylation sites is 1. The number of nitrogens with one attached hydrogen (secondary N) is 2. The van der Waals surface area contributed by atoms with Gasteiger partial charge in [-0.1, -0.05) is 30.0 Å². The van der Waals surface area contributed by atoms with E-state index < -0.39 is 6.03 Å². The number of urea groups is 1. The molecule has 0 bridgehead atoms. The molecule has 0 atom stereocenters. The Hall–Kier alpha value is -2.61. The van der Waals surface area contributed by atoms with Gasteiger partial charge in [0.05, 0.1) is 11.3 Å². The molecule has 3 rings (SSSR count). The number of pyridine rings is 1. The highest BCUT2D eigenvalue weighted by Gasteiger charge is 2.14. The Morgan fingerprint density at radius 3 is 2.76 bits per heavy atom. The lowest BCUT2D eigenvalue weighted by atomic mass is 10.1. The fourth-order valence-electron chi connectivity index (χ4n) is 2.56. The zero-order valence-electron chi connectivity index (χ0n) is 14.2. The molecular weight excluding hydrogens is 338 g/mol. The number of thioether (sulfide) groups is 1. The second kappa shape index (κ2) is 7.10. The summed E-state index contributed by atoms with van der Waals surface area (Å²) in [6.45, 7) is 5.69. The predicted molar refractivity (Wildman–Crippen MR) is 97.8 cm³/mol. The summed E-state index contributed by atoms with van der Waals surface area (Å²) < 4.78 is 1.93. The summed E-state index contributed by atoms with van der Waals surface area (Å²) in [6.07, 6.45) is 0. The molecule has 0 radical (unpaired) electrons. The largest absolute Gasteiger partial charge is 0.336 e. The average Bonchev–Trinajstić information content (AvgIpc) is 2.95. The molecule has 0 unspecified atom stereocenters. The van der Waals surface area contributed by atoms with Gasteiger partial charge in [-0.05, 0) is 38.5 Å². The van der Waals surface area contributed by atoms with Crippen LogP contribution in [0.5, 0.6) is 0 Å². The molecule has 3 aromatic rings. The highest BCUT2D eigenvalue weighted by molar-refractivity contribution is 7.99. The van der Waals surface area contributed by atoms with Crippen molar-refractivity contribution in [3.8, 4) is 0 Å². The van der Waals surface area contributed by atoms with Gasteiger partial charge < -0.3 is 5.32 Å². The van der Waals surface area contributed by atoms with Gasteiger partial charge in [0.1, 0.15) is 0 Å². The molecule has 1 aromatic carbocycles. The molecule has 25 heavy (non-hydrogen) atoms. The predicted octanol–water partition coefficient (Wildman–Crippen LogP) is 2.52. The lowest BCUT2D eigenvalue weighted by Gasteiger charge is -2.09. The van der Waals surface area contributed by atoms with E-state index >= 15 is 0 Å². The summed E-state index contributed by atoms with van der Waals surface area (Å²) in [7, 11) is 0. The van der Waals surface area contributed by atoms with Gasteiger partial charge in [0, 0.05) is 11.4 Å². The minimum atomic E-state index is -0.493. The Labute approximate surface area is 149 Å². The van der Waals surface area contributed by atoms with Crippen molar-refractivity contribution in [2.24, 2.45) is 0 Å². The molecule has 0 saturated heterocycles. The topological polar surface area (TPSA) is 88.4 Å². The van der Waals surface area contributed by atoms with Crippen LogP contribution in [0.4, 0.5) is 4.79 Å². The third-order valence-corrected chi connectivity index (χ3v) is 4.51. The van der Waals surface area contributed by atoms with E-state index in [1.165, 1.54) is 11.8 Å². The minimum Gasteiger partial charge on any atom is -0.336 e. The summed E-state index contributed by atoms with van der Waals surface area (Å²) in [5.74, 6) is -0.301. The molecule has 2 N–H and O–H groups in total. The van der Waals surface area contributed by atoms with E-state index in [0.717, 1.165) is 22.1 Å². The molecule has 2 heterocycles. The van der Waals surface area contributed by atoms with Crippen molar-refractivity contribution in [2.75, 3.05) is 5.75 Å². The quantitative estimate of drug-likeness (QED) is 0.701. The molecule has 3 amide bonds. The molecule has 0 aliphatic heterocycles. The van der Waals surface area contributed by atoms with Crippen LogP contribution in [0.25, 0.3) is 16.6 Å². The van der Waals surface area contributed by atoms with Gasteiger partial charge in [-0.2, -0.15) is 0 Å². The number of hydrogen-bond donors (Lipinski definition) is 2. The van der Waals surface area contributed by atoms with Gasteiger partial charge >= 0.3 is 6.03 Å². The number of hydrogen-bond acceptors (Lipinski definition) is 5. The number of rotatable bonds is 4. The molecule has 0 aliphatic carbocycles. The third kappa shape index (κ3) is 3.74. The Bertz CT molecular complexity index is 951. The smallest absolute Gasteiger partial charge is 0.321 e. The van der Waals surface area contributed by atoms with Crippen LogP contribution in [0.3, 0.4) is 0 Å². The summed E-state index contributed by atoms with van der Waals surface area (Å²) >= 11 is 1.24. The number of carbonyl (C=O) groups is 2. The van der Waals surface area contributed by atoms with E-state index in [2.05, 4.69) is 20.8 Å². The molecular formula is C17H19N5O2S. The normalized spacial score (nSPS) is 11.2. The van der Waals surface area contributed by atoms with Crippen molar-refractivity contribution in [2.45, 2.75) is 32.0 Å². The Kier molecular flexibility index (Phi) is 4.89. The Balaban J connectivity index is 1.80. The number of aromatic nitrogens is 3. The van der Waals surface area contributed by atoms with Gasteiger partial charge in [-0.15, -0.1) is 10.2 Å². The van der Waals surface area contributed by atoms with Crippen LogP contribution in [0.15, 0.2) is 35.5 Å². The average molecular weight is 357 g/mol. The number of aryl methyl sites for hydroxylation is 1. The summed E-state index contributed by atoms with van der Waals surface area (Å²) in [5.41, 5.74) is 2.84. The van der Waals surface area contributed by atoms with Crippen molar-refractivity contribution in [3.63, 3.8) is 0 Å². The van der Waals surface area contributed by atoms with E-state index in [4.69, 9.17) is 0 Å². The minimum absolute atomic E-state index is 0.0319. The first kappa shape index (κ1) is 17.2. The summed E-state index contributed by atoms with van der Waals surface area (Å²) in [4.78, 5) is 23.5. The SMILES string of the molecule is Cc1cc2nnc(SCC(=O)NC(=O)NC(C)C)n2c2ccccc12. The van der Waals surface area contributed by atoms with E-state index in [9.17, 15) is 9.59 Å². The number of benzene rings is 1. The molecule has 0 aliphatic rings. The first-order chi connectivity index (χ1) is 12.0. The zero-order valence-corrected chi connectivity index (χ0v) is 15.1. The van der Waals surface area contributed by atoms with Gasteiger partial charge in [-0.25, -0.2) is 4.79 Å². The molecule has 7 nitrogen and oxygen atoms in total. The maximum Gasteiger partial charge on any atom is 0.321 e. The van der Waals surface area contributed by atoms with Crippen molar-refractivity contribution < 1.29 is 9.59 Å². The highest BCUT2D eigenvalue weighted by Crippen LogP contribution is 2.25. The summed E-state index contributed by atoms with van der Waals surface area (Å²) in [5, 5.41) is 15.0. The maximum absolute atomic E-state index is 11.9. The first-order valence-electron chi connectivity index (χ1n) is 7.92. The van der Waals surface area contributed by atoms with Crippen molar-refractivity contribution in [1.82, 2.24) is 25.2 Å². The molecule has 0 fully saturated rings. The molecule has 8 heteroatoms. The van der Waals surface area contributed by atoms with E-state index in [1.807, 2.05) is 55.5 Å². The molecule has 2 aromatic heterocycles. The Morgan fingerprint density at radius 1 is 1.24 bits per heavy atom. The van der Waals surface area contributed by atoms with Crippen LogP contribution in [0.1, 0.15) is 19.4 Å². The van der Waals surface area contributed by atoms with Gasteiger partial charge in [0.25, 0.3) is 0 Å². The van der Waals surface area contributed by atoms with E-state index in [0.29, 0.717) is 5.16 Å². The molecule has 0 saturated carbocycles. The van der Waals surface area contributed by atoms with Crippen LogP contribution < -0.4 is 10.6 Å². The van der Waals surface area contributed by atoms with Crippen LogP contribution in [-0.4, -0.2) is 38.3 Å². The van der Waals surface area contributed by atoms with Crippen LogP contribution in [0.2, 0.25) is 0 Å². The first-order valence-corrected chi connectivity index (χ1v) is 8.91. The monoisotopic (exact) mass is 357 g/mol. The van der Waals surface area contributed by atoms with Gasteiger partial charge in [-0.3, -0.25) is 14.5 Å². The summed E-state index contributed by atoms with van der Waals surface area (Å²) in [6, 6.07) is 9.43. The number of nitrogens with zero attached hydrogens (tertiary/aromatic N) is 3. The fourth-order valence-corrected chi connectivity index (χ4v) is 3.31. The second-order valence-electron chi connectivity index (χ2n) is 5.99. The number of fused-ring (bicyclic) bond motifs is 3. The number of carbonyl (C=O) groups excluding carboxylic acids is 2. The highest BCUT2D eigenvalue weighted by atomic mass is 32.2. The van der Waals surface area contributed by atoms with Crippen molar-refractivity contribution >= 4 is 40.3 Å². The lowest BCUT2D eigenvalue weighted by molar-refractivity contribution is -0.117. The van der Waals surface area contributed by atoms with Gasteiger partial charge in [0.15, 0.2) is 10.8 Å². The fraction of sp³-hybridized carbons (Fsp3) is 0.294. The van der Waals surface area contributed by atoms with Crippen LogP contribution in [-0.2, 0) is 4.79 Å². The zero-order chi connectivity index (χ0) is 18.0. The molecule has 130 valence electrons. The van der Waals surface area contributed by atoms with Gasteiger partial charge in [0.2, 0.25) is 5.91 Å². The Morgan fingerprint density at radius 2 is 2.00 bits per heavy atom. The molecule has 0 spiro atoms. The van der Waals surface area contributed by atoms with E-state index in [-0.39, 0.29) is 17.7 Å². The maximum atomic E-state index is 11.9. The lowest BCUT2D eigenvalue weighted by Crippen LogP contribution is -2.43. The number of imide groups is 1. The third-order valence-electron chi connectivity index (χ3n) is 3.58. The standard InChI is InChI=1S/C17H19N5O2S/c1-10(2)18-16(24)19-15(23)9-25-17-21-20-14-8-11(3)12-6-4-5-7-13(12)22(14)17/h4-8,10H,9H2,1-3H3,(H2,18,19,23,24). The van der Waals surface area contributed by atoms with E-state index in [1.54, 1.807) is 0 Å². The van der Waals surface area contributed by atoms with Crippen LogP contribution >= 0.6 is 11.8 Å². The van der Waals surface area contributed by atoms with Crippen molar-refractivity contribution in [1.29, 1.82) is 0 Å². The van der Waals surface area contributed by atoms with Crippen LogP contribution in [0, 0.1) is 6.92 Å². The number of amides is 3.